The highest BCUT2D eigenvalue weighted by atomic mass is 127. The van der Waals surface area contributed by atoms with Crippen molar-refractivity contribution < 1.29 is 0 Å². The normalized spacial score (nSPS) is 23.2. The molecule has 92 valence electrons. The maximum Gasteiger partial charge on any atom is 0.145 e. The molecule has 0 unspecified atom stereocenters. The summed E-state index contributed by atoms with van der Waals surface area (Å²) in [5.74, 6) is 1.13. The van der Waals surface area contributed by atoms with Crippen LogP contribution < -0.4 is 4.90 Å². The van der Waals surface area contributed by atoms with Gasteiger partial charge in [-0.2, -0.15) is 0 Å². The first kappa shape index (κ1) is 11.7. The fourth-order valence-electron chi connectivity index (χ4n) is 3.36. The molecule has 2 aliphatic rings. The van der Waals surface area contributed by atoms with Gasteiger partial charge in [0.2, 0.25) is 0 Å². The fraction of sp³-hybridized carbons (Fsp3) is 0.692. The third kappa shape index (κ3) is 2.28. The summed E-state index contributed by atoms with van der Waals surface area (Å²) in [6.07, 6.45) is 12.1. The molecule has 1 aromatic rings. The van der Waals surface area contributed by atoms with E-state index in [4.69, 9.17) is 0 Å². The lowest BCUT2D eigenvalue weighted by atomic mass is 9.77. The average Bonchev–Trinajstić information content (AvgIpc) is 2.80. The first-order chi connectivity index (χ1) is 8.29. The van der Waals surface area contributed by atoms with Crippen molar-refractivity contribution in [3.8, 4) is 0 Å². The smallest absolute Gasteiger partial charge is 0.145 e. The molecule has 1 aromatic heterocycles. The molecule has 17 heavy (non-hydrogen) atoms. The maximum absolute atomic E-state index is 4.42. The van der Waals surface area contributed by atoms with Crippen LogP contribution in [0.4, 0.5) is 5.82 Å². The van der Waals surface area contributed by atoms with Gasteiger partial charge in [-0.05, 0) is 53.7 Å². The second-order valence-corrected chi connectivity index (χ2v) is 6.55. The highest BCUT2D eigenvalue weighted by molar-refractivity contribution is 14.1. The number of anilines is 1. The number of halogens is 1. The van der Waals surface area contributed by atoms with E-state index in [2.05, 4.69) is 37.5 Å². The van der Waals surface area contributed by atoms with Crippen molar-refractivity contribution in [3.63, 3.8) is 0 Å². The summed E-state index contributed by atoms with van der Waals surface area (Å²) in [6.45, 7) is 2.35. The van der Waals surface area contributed by atoms with Crippen LogP contribution in [0.3, 0.4) is 0 Å². The zero-order chi connectivity index (χ0) is 11.7. The molecule has 1 saturated carbocycles. The van der Waals surface area contributed by atoms with Crippen molar-refractivity contribution in [3.05, 3.63) is 16.1 Å². The van der Waals surface area contributed by atoms with Gasteiger partial charge < -0.3 is 4.90 Å². The van der Waals surface area contributed by atoms with E-state index in [9.17, 15) is 0 Å². The number of piperidine rings is 1. The Labute approximate surface area is 116 Å². The predicted molar refractivity (Wildman–Crippen MR) is 77.1 cm³/mol. The van der Waals surface area contributed by atoms with Crippen molar-refractivity contribution in [1.82, 2.24) is 9.97 Å². The highest BCUT2D eigenvalue weighted by Gasteiger charge is 2.37. The molecule has 0 amide bonds. The molecular weight excluding hydrogens is 325 g/mol. The Morgan fingerprint density at radius 3 is 2.47 bits per heavy atom. The minimum atomic E-state index is 0.689. The third-order valence-corrected chi connectivity index (χ3v) is 5.20. The van der Waals surface area contributed by atoms with Crippen LogP contribution in [-0.2, 0) is 0 Å². The molecule has 0 atom stereocenters. The van der Waals surface area contributed by atoms with Gasteiger partial charge in [0.1, 0.15) is 12.1 Å². The predicted octanol–water partition coefficient (Wildman–Crippen LogP) is 3.24. The SMILES string of the molecule is Ic1cncnc1N1CCC2(CCCC2)CC1. The van der Waals surface area contributed by atoms with E-state index in [0.29, 0.717) is 5.41 Å². The van der Waals surface area contributed by atoms with Crippen LogP contribution in [-0.4, -0.2) is 23.1 Å². The van der Waals surface area contributed by atoms with Crippen molar-refractivity contribution in [2.45, 2.75) is 38.5 Å². The number of hydrogen-bond donors (Lipinski definition) is 0. The topological polar surface area (TPSA) is 29.0 Å². The van der Waals surface area contributed by atoms with E-state index in [-0.39, 0.29) is 0 Å². The molecule has 1 aliphatic heterocycles. The summed E-state index contributed by atoms with van der Waals surface area (Å²) in [4.78, 5) is 10.9. The monoisotopic (exact) mass is 343 g/mol. The third-order valence-electron chi connectivity index (χ3n) is 4.44. The van der Waals surface area contributed by atoms with E-state index in [0.717, 1.165) is 5.82 Å². The first-order valence-corrected chi connectivity index (χ1v) is 7.57. The van der Waals surface area contributed by atoms with E-state index in [1.165, 1.54) is 55.2 Å². The van der Waals surface area contributed by atoms with Crippen LogP contribution in [0.2, 0.25) is 0 Å². The van der Waals surface area contributed by atoms with Crippen molar-refractivity contribution in [1.29, 1.82) is 0 Å². The minimum Gasteiger partial charge on any atom is -0.356 e. The Balaban J connectivity index is 1.71. The van der Waals surface area contributed by atoms with Crippen molar-refractivity contribution >= 4 is 28.4 Å². The summed E-state index contributed by atoms with van der Waals surface area (Å²) in [7, 11) is 0. The van der Waals surface area contributed by atoms with Crippen LogP contribution >= 0.6 is 22.6 Å². The highest BCUT2D eigenvalue weighted by Crippen LogP contribution is 2.46. The Bertz CT molecular complexity index is 391. The second kappa shape index (κ2) is 4.71. The van der Waals surface area contributed by atoms with Gasteiger partial charge in [0.25, 0.3) is 0 Å². The van der Waals surface area contributed by atoms with Gasteiger partial charge in [-0.3, -0.25) is 0 Å². The summed E-state index contributed by atoms with van der Waals surface area (Å²) >= 11 is 2.34. The molecule has 2 fully saturated rings. The summed E-state index contributed by atoms with van der Waals surface area (Å²) in [6, 6.07) is 0. The van der Waals surface area contributed by atoms with E-state index in [1.807, 2.05) is 6.20 Å². The zero-order valence-corrected chi connectivity index (χ0v) is 12.2. The summed E-state index contributed by atoms with van der Waals surface area (Å²) in [5.41, 5.74) is 0.689. The van der Waals surface area contributed by atoms with E-state index >= 15 is 0 Å². The van der Waals surface area contributed by atoms with Crippen LogP contribution in [0.5, 0.6) is 0 Å². The molecule has 1 saturated heterocycles. The van der Waals surface area contributed by atoms with Crippen molar-refractivity contribution in [2.24, 2.45) is 5.41 Å². The summed E-state index contributed by atoms with van der Waals surface area (Å²) in [5, 5.41) is 0. The Morgan fingerprint density at radius 1 is 1.12 bits per heavy atom. The van der Waals surface area contributed by atoms with Gasteiger partial charge in [0.15, 0.2) is 0 Å². The standard InChI is InChI=1S/C13H18IN3/c14-11-9-15-10-16-12(11)17-7-5-13(6-8-17)3-1-2-4-13/h9-10H,1-8H2. The number of hydrogen-bond acceptors (Lipinski definition) is 3. The number of aromatic nitrogens is 2. The lowest BCUT2D eigenvalue weighted by molar-refractivity contribution is 0.226. The summed E-state index contributed by atoms with van der Waals surface area (Å²) < 4.78 is 1.17. The maximum atomic E-state index is 4.42. The second-order valence-electron chi connectivity index (χ2n) is 5.39. The van der Waals surface area contributed by atoms with Gasteiger partial charge in [-0.25, -0.2) is 9.97 Å². The zero-order valence-electron chi connectivity index (χ0n) is 10.0. The van der Waals surface area contributed by atoms with Gasteiger partial charge in [-0.15, -0.1) is 0 Å². The molecule has 0 N–H and O–H groups in total. The fourth-order valence-corrected chi connectivity index (χ4v) is 4.00. The Hall–Kier alpha value is -0.390. The van der Waals surface area contributed by atoms with Crippen molar-refractivity contribution in [2.75, 3.05) is 18.0 Å². The quantitative estimate of drug-likeness (QED) is 0.733. The van der Waals surface area contributed by atoms with Gasteiger partial charge in [-0.1, -0.05) is 12.8 Å². The molecule has 3 nitrogen and oxygen atoms in total. The Kier molecular flexibility index (Phi) is 3.23. The molecule has 1 spiro atoms. The molecule has 0 aromatic carbocycles. The van der Waals surface area contributed by atoms with E-state index in [1.54, 1.807) is 6.33 Å². The van der Waals surface area contributed by atoms with Crippen LogP contribution in [0.25, 0.3) is 0 Å². The molecule has 0 radical (unpaired) electrons. The van der Waals surface area contributed by atoms with Gasteiger partial charge in [0.05, 0.1) is 3.57 Å². The molecule has 3 rings (SSSR count). The molecule has 1 aliphatic carbocycles. The van der Waals surface area contributed by atoms with Gasteiger partial charge >= 0.3 is 0 Å². The lowest BCUT2D eigenvalue weighted by Crippen LogP contribution is -2.39. The number of nitrogens with zero attached hydrogens (tertiary/aromatic N) is 3. The van der Waals surface area contributed by atoms with E-state index < -0.39 is 0 Å². The molecule has 4 heteroatoms. The minimum absolute atomic E-state index is 0.689. The largest absolute Gasteiger partial charge is 0.356 e. The molecule has 0 bridgehead atoms. The van der Waals surface area contributed by atoms with Crippen LogP contribution in [0.1, 0.15) is 38.5 Å². The van der Waals surface area contributed by atoms with Crippen LogP contribution in [0, 0.1) is 8.99 Å². The lowest BCUT2D eigenvalue weighted by Gasteiger charge is -2.40. The average molecular weight is 343 g/mol. The van der Waals surface area contributed by atoms with Crippen LogP contribution in [0.15, 0.2) is 12.5 Å². The molecular formula is C13H18IN3. The first-order valence-electron chi connectivity index (χ1n) is 6.50. The molecule has 2 heterocycles. The Morgan fingerprint density at radius 2 is 1.82 bits per heavy atom. The van der Waals surface area contributed by atoms with Gasteiger partial charge in [0, 0.05) is 19.3 Å². The number of rotatable bonds is 1.